The van der Waals surface area contributed by atoms with Crippen LogP contribution in [0.25, 0.3) is 11.4 Å². The van der Waals surface area contributed by atoms with Gasteiger partial charge in [0.25, 0.3) is 0 Å². The molecular weight excluding hydrogens is 312 g/mol. The molecule has 128 valence electrons. The molecule has 0 saturated carbocycles. The summed E-state index contributed by atoms with van der Waals surface area (Å²) in [4.78, 5) is 16.9. The number of hydrogen-bond acceptors (Lipinski definition) is 3. The summed E-state index contributed by atoms with van der Waals surface area (Å²) in [5.41, 5.74) is 3.62. The number of nitrogens with one attached hydrogen (secondary N) is 1. The van der Waals surface area contributed by atoms with Crippen LogP contribution < -0.4 is 5.32 Å². The molecule has 2 aromatic heterocycles. The normalized spacial score (nSPS) is 11.9. The molecule has 5 heteroatoms. The maximum absolute atomic E-state index is 12.6. The molecule has 1 unspecified atom stereocenters. The van der Waals surface area contributed by atoms with Crippen LogP contribution in [0, 0.1) is 0 Å². The Kier molecular flexibility index (Phi) is 5.23. The van der Waals surface area contributed by atoms with Crippen LogP contribution in [0.15, 0.2) is 60.8 Å². The fraction of sp³-hybridized carbons (Fsp3) is 0.250. The Bertz CT molecular complexity index is 827. The Hall–Kier alpha value is -2.95. The van der Waals surface area contributed by atoms with Crippen LogP contribution in [-0.4, -0.2) is 20.7 Å². The van der Waals surface area contributed by atoms with Gasteiger partial charge in [0.15, 0.2) is 0 Å². The van der Waals surface area contributed by atoms with Crippen molar-refractivity contribution < 1.29 is 4.79 Å². The van der Waals surface area contributed by atoms with Crippen molar-refractivity contribution in [3.05, 3.63) is 72.1 Å². The number of aromatic nitrogens is 3. The Balaban J connectivity index is 1.69. The first-order chi connectivity index (χ1) is 12.2. The van der Waals surface area contributed by atoms with Gasteiger partial charge in [-0.3, -0.25) is 14.5 Å². The highest BCUT2D eigenvalue weighted by Crippen LogP contribution is 2.20. The summed E-state index contributed by atoms with van der Waals surface area (Å²) in [7, 11) is 1.88. The van der Waals surface area contributed by atoms with Gasteiger partial charge < -0.3 is 5.32 Å². The summed E-state index contributed by atoms with van der Waals surface area (Å²) in [5.74, 6) is -0.0982. The second-order valence-corrected chi connectivity index (χ2v) is 5.95. The average Bonchev–Trinajstić information content (AvgIpc) is 3.03. The van der Waals surface area contributed by atoms with Crippen molar-refractivity contribution in [2.24, 2.45) is 7.05 Å². The third-order valence-electron chi connectivity index (χ3n) is 4.27. The number of carbonyl (C=O) groups is 1. The molecule has 1 N–H and O–H groups in total. The van der Waals surface area contributed by atoms with Crippen molar-refractivity contribution in [3.63, 3.8) is 0 Å². The molecule has 1 atom stereocenters. The summed E-state index contributed by atoms with van der Waals surface area (Å²) >= 11 is 0. The van der Waals surface area contributed by atoms with Crippen molar-refractivity contribution in [2.45, 2.75) is 25.8 Å². The molecule has 25 heavy (non-hydrogen) atoms. The minimum absolute atomic E-state index is 0.0364. The molecule has 0 aliphatic rings. The van der Waals surface area contributed by atoms with E-state index >= 15 is 0 Å². The van der Waals surface area contributed by atoms with Crippen LogP contribution in [0.1, 0.15) is 30.5 Å². The van der Waals surface area contributed by atoms with E-state index in [2.05, 4.69) is 15.4 Å². The van der Waals surface area contributed by atoms with E-state index in [9.17, 15) is 4.79 Å². The molecule has 5 nitrogen and oxygen atoms in total. The molecule has 0 saturated heterocycles. The van der Waals surface area contributed by atoms with Crippen LogP contribution in [0.4, 0.5) is 0 Å². The number of hydrogen-bond donors (Lipinski definition) is 1. The van der Waals surface area contributed by atoms with E-state index in [0.29, 0.717) is 6.54 Å². The van der Waals surface area contributed by atoms with Crippen LogP contribution in [-0.2, 0) is 18.4 Å². The van der Waals surface area contributed by atoms with E-state index in [1.165, 1.54) is 0 Å². The van der Waals surface area contributed by atoms with E-state index in [1.807, 2.05) is 68.6 Å². The summed E-state index contributed by atoms with van der Waals surface area (Å²) < 4.78 is 1.79. The molecule has 2 heterocycles. The summed E-state index contributed by atoms with van der Waals surface area (Å²) in [6, 6.07) is 17.6. The Morgan fingerprint density at radius 3 is 2.56 bits per heavy atom. The number of carbonyl (C=O) groups excluding carboxylic acids is 1. The van der Waals surface area contributed by atoms with Gasteiger partial charge in [-0.05, 0) is 30.2 Å². The maximum atomic E-state index is 12.6. The van der Waals surface area contributed by atoms with E-state index < -0.39 is 0 Å². The molecule has 0 aliphatic carbocycles. The highest BCUT2D eigenvalue weighted by atomic mass is 16.1. The lowest BCUT2D eigenvalue weighted by Gasteiger charge is -2.15. The quantitative estimate of drug-likeness (QED) is 0.752. The molecule has 3 rings (SSSR count). The lowest BCUT2D eigenvalue weighted by Crippen LogP contribution is -2.29. The first kappa shape index (κ1) is 16.9. The predicted octanol–water partition coefficient (Wildman–Crippen LogP) is 3.29. The number of benzene rings is 1. The third kappa shape index (κ3) is 3.94. The minimum Gasteiger partial charge on any atom is -0.350 e. The molecule has 0 bridgehead atoms. The zero-order chi connectivity index (χ0) is 17.6. The first-order valence-corrected chi connectivity index (χ1v) is 8.46. The van der Waals surface area contributed by atoms with Gasteiger partial charge in [-0.15, -0.1) is 0 Å². The number of amides is 1. The average molecular weight is 334 g/mol. The smallest absolute Gasteiger partial charge is 0.227 e. The van der Waals surface area contributed by atoms with Crippen LogP contribution in [0.2, 0.25) is 0 Å². The van der Waals surface area contributed by atoms with Gasteiger partial charge in [0, 0.05) is 13.2 Å². The number of nitrogens with zero attached hydrogens (tertiary/aromatic N) is 3. The monoisotopic (exact) mass is 334 g/mol. The fourth-order valence-corrected chi connectivity index (χ4v) is 2.87. The Morgan fingerprint density at radius 1 is 1.12 bits per heavy atom. The van der Waals surface area contributed by atoms with Gasteiger partial charge in [0.1, 0.15) is 5.69 Å². The highest BCUT2D eigenvalue weighted by Gasteiger charge is 2.18. The fourth-order valence-electron chi connectivity index (χ4n) is 2.87. The van der Waals surface area contributed by atoms with E-state index in [1.54, 1.807) is 10.9 Å². The molecule has 1 amide bonds. The Labute approximate surface area is 147 Å². The predicted molar refractivity (Wildman–Crippen MR) is 97.8 cm³/mol. The van der Waals surface area contributed by atoms with E-state index in [4.69, 9.17) is 0 Å². The molecular formula is C20H22N4O. The van der Waals surface area contributed by atoms with Gasteiger partial charge in [-0.25, -0.2) is 0 Å². The first-order valence-electron chi connectivity index (χ1n) is 8.46. The topological polar surface area (TPSA) is 59.8 Å². The van der Waals surface area contributed by atoms with Crippen LogP contribution >= 0.6 is 0 Å². The summed E-state index contributed by atoms with van der Waals surface area (Å²) in [5, 5.41) is 7.52. The van der Waals surface area contributed by atoms with Crippen molar-refractivity contribution >= 4 is 5.91 Å². The van der Waals surface area contributed by atoms with Crippen molar-refractivity contribution in [2.75, 3.05) is 0 Å². The number of pyridine rings is 1. The van der Waals surface area contributed by atoms with E-state index in [0.717, 1.165) is 29.1 Å². The Morgan fingerprint density at radius 2 is 1.88 bits per heavy atom. The van der Waals surface area contributed by atoms with Gasteiger partial charge >= 0.3 is 0 Å². The standard InChI is InChI=1S/C20H22N4O/c1-3-17(15-9-5-4-6-10-15)20(25)22-14-16-13-19(23-24(16)2)18-11-7-8-12-21-18/h4-13,17H,3,14H2,1-2H3,(H,22,25). The number of aryl methyl sites for hydroxylation is 1. The molecule has 0 aliphatic heterocycles. The van der Waals surface area contributed by atoms with E-state index in [-0.39, 0.29) is 11.8 Å². The lowest BCUT2D eigenvalue weighted by molar-refractivity contribution is -0.122. The number of rotatable bonds is 6. The lowest BCUT2D eigenvalue weighted by atomic mass is 9.96. The van der Waals surface area contributed by atoms with Crippen molar-refractivity contribution in [1.29, 1.82) is 0 Å². The van der Waals surface area contributed by atoms with Gasteiger partial charge in [0.2, 0.25) is 5.91 Å². The largest absolute Gasteiger partial charge is 0.350 e. The minimum atomic E-state index is -0.135. The van der Waals surface area contributed by atoms with Crippen molar-refractivity contribution in [1.82, 2.24) is 20.1 Å². The van der Waals surface area contributed by atoms with Crippen LogP contribution in [0.5, 0.6) is 0 Å². The zero-order valence-corrected chi connectivity index (χ0v) is 14.5. The second kappa shape index (κ2) is 7.75. The summed E-state index contributed by atoms with van der Waals surface area (Å²) in [6.07, 6.45) is 2.51. The third-order valence-corrected chi connectivity index (χ3v) is 4.27. The van der Waals surface area contributed by atoms with Gasteiger partial charge in [0.05, 0.1) is 23.9 Å². The zero-order valence-electron chi connectivity index (χ0n) is 14.5. The maximum Gasteiger partial charge on any atom is 0.227 e. The van der Waals surface area contributed by atoms with Gasteiger partial charge in [-0.1, -0.05) is 43.3 Å². The SMILES string of the molecule is CCC(C(=O)NCc1cc(-c2ccccn2)nn1C)c1ccccc1. The van der Waals surface area contributed by atoms with Gasteiger partial charge in [-0.2, -0.15) is 5.10 Å². The molecule has 0 spiro atoms. The van der Waals surface area contributed by atoms with Crippen molar-refractivity contribution in [3.8, 4) is 11.4 Å². The molecule has 0 fully saturated rings. The molecule has 3 aromatic rings. The summed E-state index contributed by atoms with van der Waals surface area (Å²) in [6.45, 7) is 2.47. The molecule has 1 aromatic carbocycles. The second-order valence-electron chi connectivity index (χ2n) is 5.95. The van der Waals surface area contributed by atoms with Crippen LogP contribution in [0.3, 0.4) is 0 Å². The molecule has 0 radical (unpaired) electrons. The highest BCUT2D eigenvalue weighted by molar-refractivity contribution is 5.83.